The second-order valence-electron chi connectivity index (χ2n) is 4.36. The lowest BCUT2D eigenvalue weighted by atomic mass is 10.2. The van der Waals surface area contributed by atoms with Crippen LogP contribution in [-0.2, 0) is 6.54 Å². The van der Waals surface area contributed by atoms with Crippen LogP contribution in [0.5, 0.6) is 0 Å². The molecule has 4 heteroatoms. The Balaban J connectivity index is 1.96. The van der Waals surface area contributed by atoms with Crippen molar-refractivity contribution in [2.24, 2.45) is 0 Å². The largest absolute Gasteiger partial charge is 0.478 e. The third-order valence-corrected chi connectivity index (χ3v) is 3.33. The Morgan fingerprint density at radius 1 is 1.38 bits per heavy atom. The monoisotopic (exact) mass is 222 g/mol. The van der Waals surface area contributed by atoms with Gasteiger partial charge in [0.05, 0.1) is 5.56 Å². The Bertz CT molecular complexity index is 378. The Labute approximate surface area is 95.5 Å². The molecular formula is C12H18N2O2. The maximum absolute atomic E-state index is 10.9. The highest BCUT2D eigenvalue weighted by molar-refractivity contribution is 5.88. The molecule has 1 aromatic rings. The van der Waals surface area contributed by atoms with E-state index in [1.54, 1.807) is 6.07 Å². The molecule has 4 nitrogen and oxygen atoms in total. The molecule has 0 atom stereocenters. The lowest BCUT2D eigenvalue weighted by Crippen LogP contribution is -2.24. The van der Waals surface area contributed by atoms with Gasteiger partial charge in [-0.05, 0) is 38.9 Å². The standard InChI is InChI=1S/C12H18N2O2/c1-10-11(12(15)16)4-7-14(10)9-8-13-5-2-3-6-13/h4,7H,2-3,5-6,8-9H2,1H3,(H,15,16). The van der Waals surface area contributed by atoms with E-state index in [4.69, 9.17) is 5.11 Å². The number of hydrogen-bond acceptors (Lipinski definition) is 2. The first-order valence-corrected chi connectivity index (χ1v) is 5.80. The first-order valence-electron chi connectivity index (χ1n) is 5.80. The zero-order valence-electron chi connectivity index (χ0n) is 9.65. The van der Waals surface area contributed by atoms with E-state index in [1.807, 2.05) is 17.7 Å². The molecule has 0 aromatic carbocycles. The van der Waals surface area contributed by atoms with Crippen molar-refractivity contribution in [3.8, 4) is 0 Å². The highest BCUT2D eigenvalue weighted by Crippen LogP contribution is 2.11. The molecule has 0 spiro atoms. The van der Waals surface area contributed by atoms with Crippen molar-refractivity contribution in [1.29, 1.82) is 0 Å². The van der Waals surface area contributed by atoms with Crippen LogP contribution in [0, 0.1) is 6.92 Å². The predicted molar refractivity (Wildman–Crippen MR) is 61.8 cm³/mol. The van der Waals surface area contributed by atoms with Crippen LogP contribution < -0.4 is 0 Å². The summed E-state index contributed by atoms with van der Waals surface area (Å²) in [5.41, 5.74) is 1.27. The van der Waals surface area contributed by atoms with Crippen molar-refractivity contribution in [3.63, 3.8) is 0 Å². The fourth-order valence-electron chi connectivity index (χ4n) is 2.28. The average molecular weight is 222 g/mol. The molecule has 0 amide bonds. The summed E-state index contributed by atoms with van der Waals surface area (Å²) in [5.74, 6) is -0.836. The van der Waals surface area contributed by atoms with E-state index < -0.39 is 5.97 Å². The number of nitrogens with zero attached hydrogens (tertiary/aromatic N) is 2. The van der Waals surface area contributed by atoms with Crippen LogP contribution in [0.15, 0.2) is 12.3 Å². The van der Waals surface area contributed by atoms with Crippen LogP contribution in [0.25, 0.3) is 0 Å². The van der Waals surface area contributed by atoms with Crippen molar-refractivity contribution in [2.45, 2.75) is 26.3 Å². The van der Waals surface area contributed by atoms with Crippen molar-refractivity contribution in [1.82, 2.24) is 9.47 Å². The number of carboxylic acids is 1. The Morgan fingerprint density at radius 3 is 2.62 bits per heavy atom. The summed E-state index contributed by atoms with van der Waals surface area (Å²) in [6.45, 7) is 6.15. The predicted octanol–water partition coefficient (Wildman–Crippen LogP) is 1.59. The van der Waals surface area contributed by atoms with Gasteiger partial charge < -0.3 is 14.6 Å². The molecule has 1 aliphatic heterocycles. The van der Waals surface area contributed by atoms with E-state index in [1.165, 1.54) is 25.9 Å². The van der Waals surface area contributed by atoms with Gasteiger partial charge in [-0.25, -0.2) is 4.79 Å². The van der Waals surface area contributed by atoms with E-state index in [2.05, 4.69) is 4.90 Å². The molecule has 0 bridgehead atoms. The lowest BCUT2D eigenvalue weighted by molar-refractivity contribution is 0.0696. The molecular weight excluding hydrogens is 204 g/mol. The van der Waals surface area contributed by atoms with Crippen molar-refractivity contribution >= 4 is 5.97 Å². The molecule has 2 rings (SSSR count). The van der Waals surface area contributed by atoms with Crippen molar-refractivity contribution in [2.75, 3.05) is 19.6 Å². The summed E-state index contributed by atoms with van der Waals surface area (Å²) in [5, 5.41) is 8.93. The molecule has 88 valence electrons. The van der Waals surface area contributed by atoms with Gasteiger partial charge in [-0.1, -0.05) is 0 Å². The van der Waals surface area contributed by atoms with Crippen LogP contribution >= 0.6 is 0 Å². The third kappa shape index (κ3) is 2.27. The second-order valence-corrected chi connectivity index (χ2v) is 4.36. The van der Waals surface area contributed by atoms with Gasteiger partial charge in [0.1, 0.15) is 0 Å². The van der Waals surface area contributed by atoms with Gasteiger partial charge in [0.25, 0.3) is 0 Å². The summed E-state index contributed by atoms with van der Waals surface area (Å²) < 4.78 is 2.03. The van der Waals surface area contributed by atoms with Crippen LogP contribution in [0.3, 0.4) is 0 Å². The number of aromatic carboxylic acids is 1. The maximum atomic E-state index is 10.9. The normalized spacial score (nSPS) is 16.8. The number of hydrogen-bond donors (Lipinski definition) is 1. The minimum absolute atomic E-state index is 0.418. The highest BCUT2D eigenvalue weighted by Gasteiger charge is 2.13. The fraction of sp³-hybridized carbons (Fsp3) is 0.583. The number of likely N-dealkylation sites (tertiary alicyclic amines) is 1. The Hall–Kier alpha value is -1.29. The molecule has 1 fully saturated rings. The summed E-state index contributed by atoms with van der Waals surface area (Å²) in [6.07, 6.45) is 4.46. The molecule has 1 aliphatic rings. The van der Waals surface area contributed by atoms with E-state index in [-0.39, 0.29) is 0 Å². The second kappa shape index (κ2) is 4.70. The van der Waals surface area contributed by atoms with Gasteiger partial charge in [-0.3, -0.25) is 0 Å². The first kappa shape index (κ1) is 11.2. The molecule has 0 unspecified atom stereocenters. The summed E-state index contributed by atoms with van der Waals surface area (Å²) in [4.78, 5) is 13.3. The highest BCUT2D eigenvalue weighted by atomic mass is 16.4. The molecule has 0 radical (unpaired) electrons. The van der Waals surface area contributed by atoms with E-state index in [0.29, 0.717) is 5.56 Å². The number of aromatic nitrogens is 1. The molecule has 16 heavy (non-hydrogen) atoms. The number of carboxylic acid groups (broad SMARTS) is 1. The van der Waals surface area contributed by atoms with E-state index >= 15 is 0 Å². The van der Waals surface area contributed by atoms with Gasteiger partial charge in [0.15, 0.2) is 0 Å². The van der Waals surface area contributed by atoms with Crippen LogP contribution in [-0.4, -0.2) is 40.2 Å². The van der Waals surface area contributed by atoms with E-state index in [0.717, 1.165) is 18.8 Å². The van der Waals surface area contributed by atoms with E-state index in [9.17, 15) is 4.79 Å². The summed E-state index contributed by atoms with van der Waals surface area (Å²) in [7, 11) is 0. The Kier molecular flexibility index (Phi) is 3.29. The molecule has 0 aliphatic carbocycles. The zero-order valence-corrected chi connectivity index (χ0v) is 9.65. The first-order chi connectivity index (χ1) is 7.68. The van der Waals surface area contributed by atoms with Gasteiger partial charge >= 0.3 is 5.97 Å². The topological polar surface area (TPSA) is 45.5 Å². The minimum atomic E-state index is -0.836. The smallest absolute Gasteiger partial charge is 0.337 e. The van der Waals surface area contributed by atoms with Crippen molar-refractivity contribution in [3.05, 3.63) is 23.5 Å². The summed E-state index contributed by atoms with van der Waals surface area (Å²) in [6, 6.07) is 1.68. The lowest BCUT2D eigenvalue weighted by Gasteiger charge is -2.15. The van der Waals surface area contributed by atoms with Gasteiger partial charge in [-0.15, -0.1) is 0 Å². The molecule has 0 saturated carbocycles. The van der Waals surface area contributed by atoms with Crippen LogP contribution in [0.2, 0.25) is 0 Å². The maximum Gasteiger partial charge on any atom is 0.337 e. The Morgan fingerprint density at radius 2 is 2.06 bits per heavy atom. The average Bonchev–Trinajstić information content (AvgIpc) is 2.84. The van der Waals surface area contributed by atoms with Crippen LogP contribution in [0.1, 0.15) is 28.9 Å². The molecule has 1 aromatic heterocycles. The molecule has 1 saturated heterocycles. The van der Waals surface area contributed by atoms with Crippen molar-refractivity contribution < 1.29 is 9.90 Å². The van der Waals surface area contributed by atoms with Gasteiger partial charge in [-0.2, -0.15) is 0 Å². The third-order valence-electron chi connectivity index (χ3n) is 3.33. The minimum Gasteiger partial charge on any atom is -0.478 e. The zero-order chi connectivity index (χ0) is 11.5. The van der Waals surface area contributed by atoms with Crippen LogP contribution in [0.4, 0.5) is 0 Å². The van der Waals surface area contributed by atoms with Gasteiger partial charge in [0.2, 0.25) is 0 Å². The molecule has 2 heterocycles. The molecule has 1 N–H and O–H groups in total. The van der Waals surface area contributed by atoms with Gasteiger partial charge in [0, 0.05) is 25.0 Å². The fourth-order valence-corrected chi connectivity index (χ4v) is 2.28. The summed E-state index contributed by atoms with van der Waals surface area (Å²) >= 11 is 0. The quantitative estimate of drug-likeness (QED) is 0.841. The SMILES string of the molecule is Cc1c(C(=O)O)ccn1CCN1CCCC1. The number of carbonyl (C=O) groups is 1. The number of rotatable bonds is 4.